The third-order valence-electron chi connectivity index (χ3n) is 4.91. The first kappa shape index (κ1) is 16.3. The van der Waals surface area contributed by atoms with Gasteiger partial charge in [-0.1, -0.05) is 66.7 Å². The van der Waals surface area contributed by atoms with E-state index in [9.17, 15) is 9.90 Å². The Balaban J connectivity index is 1.97. The molecule has 4 nitrogen and oxygen atoms in total. The van der Waals surface area contributed by atoms with Gasteiger partial charge in [0.2, 0.25) is 11.3 Å². The molecule has 3 aromatic rings. The topological polar surface area (TPSA) is 54.6 Å². The van der Waals surface area contributed by atoms with E-state index in [1.54, 1.807) is 6.07 Å². The fourth-order valence-corrected chi connectivity index (χ4v) is 3.60. The standard InChI is InChI=1S/C24H16N2O2/c27-22-13-7-12-19-23(22)25-24(28)21-15-18(16-8-3-1-4-9-16)14-20(26(19)21)17-10-5-2-6-11-17/h1-15,28H. The van der Waals surface area contributed by atoms with Crippen LogP contribution in [0.5, 0.6) is 5.88 Å². The van der Waals surface area contributed by atoms with E-state index in [1.165, 1.54) is 6.07 Å². The lowest BCUT2D eigenvalue weighted by atomic mass is 10.0. The average molecular weight is 364 g/mol. The van der Waals surface area contributed by atoms with Crippen molar-refractivity contribution in [1.29, 1.82) is 0 Å². The Bertz CT molecular complexity index is 1330. The fourth-order valence-electron chi connectivity index (χ4n) is 3.60. The average Bonchev–Trinajstić information content (AvgIpc) is 2.75. The SMILES string of the molecule is O=c1cccc2n3c(-c4ccccc4)cc(-c4ccccc4)cc3c(O)nc1-2. The molecule has 5 rings (SSSR count). The number of nitrogens with zero attached hydrogens (tertiary/aromatic N) is 2. The van der Waals surface area contributed by atoms with Crippen molar-refractivity contribution >= 4 is 5.52 Å². The lowest BCUT2D eigenvalue weighted by Gasteiger charge is -2.18. The molecule has 0 fully saturated rings. The molecule has 2 aliphatic rings. The monoisotopic (exact) mass is 364 g/mol. The van der Waals surface area contributed by atoms with Crippen molar-refractivity contribution in [2.45, 2.75) is 0 Å². The van der Waals surface area contributed by atoms with Gasteiger partial charge in [0.25, 0.3) is 0 Å². The summed E-state index contributed by atoms with van der Waals surface area (Å²) in [5.74, 6) is -0.161. The molecule has 1 aromatic heterocycles. The van der Waals surface area contributed by atoms with Crippen molar-refractivity contribution in [3.63, 3.8) is 0 Å². The molecule has 0 atom stereocenters. The normalized spacial score (nSPS) is 11.1. The van der Waals surface area contributed by atoms with Crippen LogP contribution >= 0.6 is 0 Å². The number of fused-ring (bicyclic) bond motifs is 3. The van der Waals surface area contributed by atoms with Gasteiger partial charge >= 0.3 is 0 Å². The largest absolute Gasteiger partial charge is 0.492 e. The highest BCUT2D eigenvalue weighted by molar-refractivity contribution is 5.81. The van der Waals surface area contributed by atoms with Crippen molar-refractivity contribution in [1.82, 2.24) is 9.38 Å². The van der Waals surface area contributed by atoms with Crippen molar-refractivity contribution in [2.75, 3.05) is 0 Å². The maximum Gasteiger partial charge on any atom is 0.236 e. The van der Waals surface area contributed by atoms with Crippen LogP contribution < -0.4 is 5.43 Å². The third-order valence-corrected chi connectivity index (χ3v) is 4.91. The zero-order valence-electron chi connectivity index (χ0n) is 14.9. The first-order valence-corrected chi connectivity index (χ1v) is 9.02. The van der Waals surface area contributed by atoms with E-state index in [-0.39, 0.29) is 17.0 Å². The Morgan fingerprint density at radius 2 is 1.36 bits per heavy atom. The molecule has 2 heterocycles. The van der Waals surface area contributed by atoms with Gasteiger partial charge in [0.1, 0.15) is 11.2 Å². The molecule has 0 spiro atoms. The minimum absolute atomic E-state index is 0.161. The Morgan fingerprint density at radius 1 is 0.679 bits per heavy atom. The summed E-state index contributed by atoms with van der Waals surface area (Å²) in [4.78, 5) is 16.5. The zero-order valence-corrected chi connectivity index (χ0v) is 14.9. The lowest BCUT2D eigenvalue weighted by molar-refractivity contribution is 0.457. The van der Waals surface area contributed by atoms with Crippen LogP contribution in [0.2, 0.25) is 0 Å². The smallest absolute Gasteiger partial charge is 0.236 e. The molecule has 0 amide bonds. The highest BCUT2D eigenvalue weighted by Gasteiger charge is 2.19. The Morgan fingerprint density at radius 3 is 2.07 bits per heavy atom. The molecule has 0 saturated carbocycles. The summed E-state index contributed by atoms with van der Waals surface area (Å²) >= 11 is 0. The highest BCUT2D eigenvalue weighted by atomic mass is 16.3. The number of rotatable bonds is 2. The van der Waals surface area contributed by atoms with Crippen molar-refractivity contribution in [3.8, 4) is 39.7 Å². The summed E-state index contributed by atoms with van der Waals surface area (Å²) in [5, 5.41) is 10.7. The van der Waals surface area contributed by atoms with Gasteiger partial charge in [-0.25, -0.2) is 4.98 Å². The second-order valence-corrected chi connectivity index (χ2v) is 6.64. The second-order valence-electron chi connectivity index (χ2n) is 6.64. The summed E-state index contributed by atoms with van der Waals surface area (Å²) in [5.41, 5.74) is 5.13. The number of benzene rings is 3. The van der Waals surface area contributed by atoms with Crippen molar-refractivity contribution < 1.29 is 5.11 Å². The van der Waals surface area contributed by atoms with Crippen LogP contribution in [0.3, 0.4) is 0 Å². The van der Waals surface area contributed by atoms with Crippen LogP contribution in [0.1, 0.15) is 0 Å². The minimum Gasteiger partial charge on any atom is -0.492 e. The van der Waals surface area contributed by atoms with Gasteiger partial charge in [-0.15, -0.1) is 0 Å². The molecule has 1 aliphatic carbocycles. The van der Waals surface area contributed by atoms with Gasteiger partial charge in [-0.05, 0) is 41.0 Å². The Hall–Kier alpha value is -3.92. The van der Waals surface area contributed by atoms with Crippen molar-refractivity contribution in [2.24, 2.45) is 0 Å². The quantitative estimate of drug-likeness (QED) is 0.456. The first-order chi connectivity index (χ1) is 13.7. The number of hydrogen-bond donors (Lipinski definition) is 1. The molecule has 28 heavy (non-hydrogen) atoms. The van der Waals surface area contributed by atoms with E-state index < -0.39 is 0 Å². The van der Waals surface area contributed by atoms with Crippen LogP contribution in [0.15, 0.2) is 95.8 Å². The molecular formula is C24H16N2O2. The summed E-state index contributed by atoms with van der Waals surface area (Å²) < 4.78 is 1.90. The molecular weight excluding hydrogens is 348 g/mol. The van der Waals surface area contributed by atoms with E-state index in [0.717, 1.165) is 22.4 Å². The van der Waals surface area contributed by atoms with Crippen LogP contribution in [0, 0.1) is 0 Å². The van der Waals surface area contributed by atoms with Crippen LogP contribution in [0.4, 0.5) is 0 Å². The van der Waals surface area contributed by atoms with Gasteiger partial charge < -0.3 is 9.51 Å². The van der Waals surface area contributed by atoms with E-state index in [0.29, 0.717) is 11.2 Å². The van der Waals surface area contributed by atoms with Crippen molar-refractivity contribution in [3.05, 3.63) is 101 Å². The van der Waals surface area contributed by atoms with Gasteiger partial charge in [-0.3, -0.25) is 4.79 Å². The molecule has 134 valence electrons. The van der Waals surface area contributed by atoms with Crippen LogP contribution in [-0.4, -0.2) is 14.5 Å². The number of aromatic nitrogens is 2. The zero-order chi connectivity index (χ0) is 19.1. The van der Waals surface area contributed by atoms with E-state index in [2.05, 4.69) is 11.1 Å². The number of para-hydroxylation sites is 1. The molecule has 0 unspecified atom stereocenters. The molecule has 0 radical (unpaired) electrons. The maximum absolute atomic E-state index is 12.3. The maximum atomic E-state index is 12.3. The van der Waals surface area contributed by atoms with Gasteiger partial charge in [0.15, 0.2) is 0 Å². The summed E-state index contributed by atoms with van der Waals surface area (Å²) in [6.07, 6.45) is 0. The van der Waals surface area contributed by atoms with Gasteiger partial charge in [0, 0.05) is 0 Å². The number of aromatic hydroxyl groups is 1. The van der Waals surface area contributed by atoms with Crippen LogP contribution in [-0.2, 0) is 0 Å². The molecule has 1 aliphatic heterocycles. The van der Waals surface area contributed by atoms with Gasteiger partial charge in [0.05, 0.1) is 11.4 Å². The molecule has 1 N–H and O–H groups in total. The third kappa shape index (κ3) is 2.55. The summed E-state index contributed by atoms with van der Waals surface area (Å²) in [6.45, 7) is 0. The van der Waals surface area contributed by atoms with Crippen LogP contribution in [0.25, 0.3) is 39.3 Å². The number of hydrogen-bond acceptors (Lipinski definition) is 3. The predicted molar refractivity (Wildman–Crippen MR) is 111 cm³/mol. The summed E-state index contributed by atoms with van der Waals surface area (Å²) in [7, 11) is 0. The minimum atomic E-state index is -0.214. The van der Waals surface area contributed by atoms with E-state index >= 15 is 0 Å². The van der Waals surface area contributed by atoms with E-state index in [1.807, 2.05) is 77.2 Å². The summed E-state index contributed by atoms with van der Waals surface area (Å²) in [6, 6.07) is 28.9. The predicted octanol–water partition coefficient (Wildman–Crippen LogP) is 4.84. The van der Waals surface area contributed by atoms with Gasteiger partial charge in [-0.2, -0.15) is 0 Å². The lowest BCUT2D eigenvalue weighted by Crippen LogP contribution is -2.12. The molecule has 2 aromatic carbocycles. The highest BCUT2D eigenvalue weighted by Crippen LogP contribution is 2.35. The Labute approximate surface area is 161 Å². The Kier molecular flexibility index (Phi) is 3.69. The molecule has 0 saturated heterocycles. The van der Waals surface area contributed by atoms with E-state index in [4.69, 9.17) is 0 Å². The molecule has 4 heteroatoms. The number of pyridine rings is 1. The fraction of sp³-hybridized carbons (Fsp3) is 0. The second kappa shape index (κ2) is 6.35. The first-order valence-electron chi connectivity index (χ1n) is 9.02. The molecule has 0 bridgehead atoms.